The van der Waals surface area contributed by atoms with Gasteiger partial charge in [-0.05, 0) is 120 Å². The number of benzene rings is 4. The summed E-state index contributed by atoms with van der Waals surface area (Å²) in [6.07, 6.45) is -1.44. The average molecular weight is 1210 g/mol. The van der Waals surface area contributed by atoms with Crippen LogP contribution in [0.15, 0.2) is 109 Å². The quantitative estimate of drug-likeness (QED) is 0.0138. The summed E-state index contributed by atoms with van der Waals surface area (Å²) >= 11 is 0. The van der Waals surface area contributed by atoms with Crippen LogP contribution in [0.3, 0.4) is 0 Å². The van der Waals surface area contributed by atoms with E-state index in [1.807, 2.05) is 60.7 Å². The third-order valence-electron chi connectivity index (χ3n) is 13.9. The van der Waals surface area contributed by atoms with Crippen LogP contribution in [0.2, 0.25) is 0 Å². The first-order valence-electron chi connectivity index (χ1n) is 28.1. The van der Waals surface area contributed by atoms with E-state index in [4.69, 9.17) is 19.9 Å². The van der Waals surface area contributed by atoms with Gasteiger partial charge in [0.1, 0.15) is 11.1 Å². The SMILES string of the molecule is C1CCOC1.CCOC(=O)C(=O)Cc1ccc2ccccc2n1.NCCOC1CCC(Nc2ccc([N+](=O)[O-])c(C(F)(F)F)c2)CC1.O=C(Cc1ccc2ccccc2n1)C(=O)NCCOC1CCC(Nc2ccc([N+](=O)[O-])c(C(F)(F)F)c2)CC1. The number of esters is 1. The van der Waals surface area contributed by atoms with Crippen LogP contribution in [-0.2, 0) is 63.3 Å². The van der Waals surface area contributed by atoms with Crippen LogP contribution in [0, 0.1) is 20.2 Å². The molecule has 3 heterocycles. The van der Waals surface area contributed by atoms with Crippen molar-refractivity contribution in [2.75, 3.05) is 56.8 Å². The number of nitrogens with zero attached hydrogens (tertiary/aromatic N) is 4. The van der Waals surface area contributed by atoms with E-state index in [-0.39, 0.29) is 68.3 Å². The molecule has 0 unspecified atom stereocenters. The van der Waals surface area contributed by atoms with Gasteiger partial charge < -0.3 is 40.6 Å². The first kappa shape index (κ1) is 66.9. The minimum atomic E-state index is -4.83. The normalized spacial score (nSPS) is 17.5. The lowest BCUT2D eigenvalue weighted by molar-refractivity contribution is -0.388. The van der Waals surface area contributed by atoms with Crippen molar-refractivity contribution in [2.45, 2.75) is 121 Å². The number of aromatic nitrogens is 2. The second-order valence-electron chi connectivity index (χ2n) is 20.2. The van der Waals surface area contributed by atoms with E-state index < -0.39 is 68.1 Å². The van der Waals surface area contributed by atoms with Gasteiger partial charge in [-0.25, -0.2) is 4.79 Å². The van der Waals surface area contributed by atoms with Gasteiger partial charge >= 0.3 is 18.3 Å². The molecule has 2 saturated carbocycles. The Hall–Kier alpha value is -8.20. The number of nitro benzene ring substituents is 2. The summed E-state index contributed by atoms with van der Waals surface area (Å²) < 4.78 is 99.5. The van der Waals surface area contributed by atoms with Crippen LogP contribution < -0.4 is 21.7 Å². The van der Waals surface area contributed by atoms with Crippen LogP contribution in [0.25, 0.3) is 21.8 Å². The number of anilines is 2. The number of halogens is 6. The summed E-state index contributed by atoms with van der Waals surface area (Å²) in [5.41, 5.74) is 3.99. The molecule has 9 rings (SSSR count). The Labute approximate surface area is 491 Å². The molecule has 86 heavy (non-hydrogen) atoms. The standard InChI is InChI=1S/C27H27F3N4O5.C15H20F3N3O3.C14H13NO3.C4H8O/c28-27(29,30)22-15-19(9-12-24(22)34(37)38)32-18-7-10-21(11-8-18)39-14-13-31-26(36)25(35)16-20-6-5-17-3-1-2-4-23(17)33-20;16-15(17,18)13-9-11(3-6-14(13)21(22)23)20-10-1-4-12(5-2-10)24-8-7-19;1-2-18-14(17)13(16)9-11-8-7-10-5-3-4-6-12(10)15-11;1-2-4-5-3-1/h1-6,9,12,15,18,21,32H,7-8,10-11,13-14,16H2,(H,31,36);3,6,9-10,12,20H,1-2,4-5,7-8,19H2;3-8H,2,9H2,1H3;1-4H2. The molecule has 0 radical (unpaired) electrons. The van der Waals surface area contributed by atoms with E-state index in [1.54, 1.807) is 19.1 Å². The summed E-state index contributed by atoms with van der Waals surface area (Å²) in [5.74, 6) is -2.67. The zero-order valence-electron chi connectivity index (χ0n) is 47.2. The first-order valence-corrected chi connectivity index (χ1v) is 28.1. The number of ketones is 2. The van der Waals surface area contributed by atoms with Crippen LogP contribution in [0.1, 0.15) is 93.6 Å². The number of fused-ring (bicyclic) bond motifs is 2. The van der Waals surface area contributed by atoms with Gasteiger partial charge in [-0.15, -0.1) is 0 Å². The van der Waals surface area contributed by atoms with Gasteiger partial charge in [0.05, 0.1) is 65.8 Å². The second-order valence-corrected chi connectivity index (χ2v) is 20.2. The Kier molecular flexibility index (Phi) is 25.6. The number of hydrogen-bond acceptors (Lipinski definition) is 17. The largest absolute Gasteiger partial charge is 0.460 e. The number of carbonyl (C=O) groups excluding carboxylic acids is 4. The van der Waals surface area contributed by atoms with Gasteiger partial charge in [0.15, 0.2) is 0 Å². The number of ether oxygens (including phenoxy) is 4. The van der Waals surface area contributed by atoms with Crippen LogP contribution in [0.4, 0.5) is 49.1 Å². The highest BCUT2D eigenvalue weighted by atomic mass is 19.4. The van der Waals surface area contributed by atoms with Gasteiger partial charge in [0.2, 0.25) is 11.6 Å². The number of nitrogens with two attached hydrogens (primary N) is 1. The molecular weight excluding hydrogens is 1140 g/mol. The molecule has 3 fully saturated rings. The minimum Gasteiger partial charge on any atom is -0.460 e. The van der Waals surface area contributed by atoms with E-state index in [0.29, 0.717) is 50.2 Å². The van der Waals surface area contributed by atoms with E-state index in [0.717, 1.165) is 85.0 Å². The van der Waals surface area contributed by atoms with Crippen molar-refractivity contribution in [3.05, 3.63) is 152 Å². The fraction of sp³-hybridized carbons (Fsp3) is 0.433. The fourth-order valence-electron chi connectivity index (χ4n) is 9.58. The number of amides is 1. The van der Waals surface area contributed by atoms with E-state index in [9.17, 15) is 65.7 Å². The highest BCUT2D eigenvalue weighted by Gasteiger charge is 2.40. The number of hydrogen-bond donors (Lipinski definition) is 4. The zero-order chi connectivity index (χ0) is 62.2. The van der Waals surface area contributed by atoms with Crippen molar-refractivity contribution >= 4 is 68.0 Å². The molecule has 26 heteroatoms. The summed E-state index contributed by atoms with van der Waals surface area (Å²) in [7, 11) is 0. The number of rotatable bonds is 20. The number of pyridine rings is 2. The average Bonchev–Trinajstić information content (AvgIpc) is 1.54. The van der Waals surface area contributed by atoms with E-state index in [2.05, 4.69) is 30.7 Å². The maximum absolute atomic E-state index is 13.2. The maximum Gasteiger partial charge on any atom is 0.423 e. The number of carbonyl (C=O) groups is 4. The molecule has 1 saturated heterocycles. The second kappa shape index (κ2) is 32.9. The molecule has 6 aromatic rings. The van der Waals surface area contributed by atoms with Crippen LogP contribution in [-0.4, -0.2) is 114 Å². The Morgan fingerprint density at radius 1 is 0.616 bits per heavy atom. The summed E-state index contributed by atoms with van der Waals surface area (Å²) in [5, 5.41) is 32.2. The van der Waals surface area contributed by atoms with Gasteiger partial charge in [0, 0.05) is 84.1 Å². The fourth-order valence-corrected chi connectivity index (χ4v) is 9.58. The highest BCUT2D eigenvalue weighted by molar-refractivity contribution is 6.36. The molecule has 4 aromatic carbocycles. The molecule has 462 valence electrons. The van der Waals surface area contributed by atoms with Crippen LogP contribution in [0.5, 0.6) is 0 Å². The van der Waals surface area contributed by atoms with Crippen molar-refractivity contribution in [1.82, 2.24) is 15.3 Å². The predicted octanol–water partition coefficient (Wildman–Crippen LogP) is 10.8. The molecule has 3 aliphatic rings. The van der Waals surface area contributed by atoms with E-state index in [1.165, 1.54) is 25.0 Å². The Morgan fingerprint density at radius 3 is 1.47 bits per heavy atom. The van der Waals surface area contributed by atoms with Crippen molar-refractivity contribution < 1.29 is 74.3 Å². The zero-order valence-corrected chi connectivity index (χ0v) is 47.2. The lowest BCUT2D eigenvalue weighted by Gasteiger charge is -2.30. The van der Waals surface area contributed by atoms with Crippen molar-refractivity contribution in [3.8, 4) is 0 Å². The molecule has 0 spiro atoms. The van der Waals surface area contributed by atoms with Crippen molar-refractivity contribution in [2.24, 2.45) is 5.73 Å². The molecule has 0 bridgehead atoms. The first-order chi connectivity index (χ1) is 41.1. The van der Waals surface area contributed by atoms with Gasteiger partial charge in [0.25, 0.3) is 17.3 Å². The number of nitrogens with one attached hydrogen (secondary N) is 3. The Balaban J connectivity index is 0.000000213. The van der Waals surface area contributed by atoms with Crippen LogP contribution >= 0.6 is 0 Å². The van der Waals surface area contributed by atoms with Crippen molar-refractivity contribution in [3.63, 3.8) is 0 Å². The van der Waals surface area contributed by atoms with Crippen molar-refractivity contribution in [1.29, 1.82) is 0 Å². The number of nitro groups is 2. The van der Waals surface area contributed by atoms with E-state index >= 15 is 0 Å². The topological polar surface area (TPSA) is 279 Å². The smallest absolute Gasteiger partial charge is 0.423 e. The molecular formula is C60H68F6N8O12. The van der Waals surface area contributed by atoms with Gasteiger partial charge in [-0.3, -0.25) is 44.6 Å². The van der Waals surface area contributed by atoms with Gasteiger partial charge in [-0.2, -0.15) is 26.3 Å². The summed E-state index contributed by atoms with van der Waals surface area (Å²) in [6, 6.07) is 28.1. The summed E-state index contributed by atoms with van der Waals surface area (Å²) in [4.78, 5) is 75.5. The molecule has 20 nitrogen and oxygen atoms in total. The number of alkyl halides is 6. The maximum atomic E-state index is 13.2. The highest BCUT2D eigenvalue weighted by Crippen LogP contribution is 2.40. The molecule has 1 aliphatic heterocycles. The molecule has 2 aromatic heterocycles. The lowest BCUT2D eigenvalue weighted by atomic mass is 9.92. The molecule has 2 aliphatic carbocycles. The minimum absolute atomic E-state index is 0.0188. The molecule has 5 N–H and O–H groups in total. The molecule has 0 atom stereocenters. The third kappa shape index (κ3) is 21.4. The van der Waals surface area contributed by atoms with Gasteiger partial charge in [-0.1, -0.05) is 48.5 Å². The number of para-hydroxylation sites is 2. The monoisotopic (exact) mass is 1210 g/mol. The predicted molar refractivity (Wildman–Crippen MR) is 307 cm³/mol. The third-order valence-corrected chi connectivity index (χ3v) is 13.9. The number of Topliss-reactive ketones (excluding diaryl/α,β-unsaturated/α-hetero) is 2. The summed E-state index contributed by atoms with van der Waals surface area (Å²) in [6.45, 7) is 5.21. The Morgan fingerprint density at radius 2 is 1.06 bits per heavy atom. The molecule has 1 amide bonds. The Bertz CT molecular complexity index is 3230. The lowest BCUT2D eigenvalue weighted by Crippen LogP contribution is -2.36.